The minimum Gasteiger partial charge on any atom is -0.497 e. The highest BCUT2D eigenvalue weighted by molar-refractivity contribution is 6.02. The third-order valence-electron chi connectivity index (χ3n) is 2.30. The molecule has 0 bridgehead atoms. The van der Waals surface area contributed by atoms with E-state index >= 15 is 0 Å². The van der Waals surface area contributed by atoms with Crippen molar-refractivity contribution in [2.75, 3.05) is 19.5 Å². The minimum absolute atomic E-state index is 0.214. The van der Waals surface area contributed by atoms with Crippen LogP contribution in [0.2, 0.25) is 0 Å². The van der Waals surface area contributed by atoms with Crippen LogP contribution in [0, 0.1) is 0 Å². The van der Waals surface area contributed by atoms with E-state index in [9.17, 15) is 9.59 Å². The number of hydrogen-bond donors (Lipinski definition) is 2. The van der Waals surface area contributed by atoms with E-state index in [1.165, 1.54) is 20.3 Å². The Kier molecular flexibility index (Phi) is 4.67. The van der Waals surface area contributed by atoms with E-state index in [-0.39, 0.29) is 11.5 Å². The predicted molar refractivity (Wildman–Crippen MR) is 66.6 cm³/mol. The first-order chi connectivity index (χ1) is 8.49. The molecule has 0 unspecified atom stereocenters. The van der Waals surface area contributed by atoms with Gasteiger partial charge in [0, 0.05) is 0 Å². The summed E-state index contributed by atoms with van der Waals surface area (Å²) < 4.78 is 9.65. The summed E-state index contributed by atoms with van der Waals surface area (Å²) in [6, 6.07) is 4.01. The van der Waals surface area contributed by atoms with Crippen LogP contribution in [0.5, 0.6) is 5.75 Å². The molecule has 1 aromatic rings. The molecule has 98 valence electrons. The Morgan fingerprint density at radius 2 is 2.00 bits per heavy atom. The van der Waals surface area contributed by atoms with Gasteiger partial charge in [0.15, 0.2) is 0 Å². The number of benzene rings is 1. The van der Waals surface area contributed by atoms with Gasteiger partial charge in [-0.05, 0) is 25.1 Å². The zero-order valence-corrected chi connectivity index (χ0v) is 10.5. The summed E-state index contributed by atoms with van der Waals surface area (Å²) in [6.45, 7) is 1.55. The standard InChI is InChI=1S/C12H16N2O4/c1-7(13)11(15)14-10-5-4-8(17-2)6-9(10)12(16)18-3/h4-7H,13H2,1-3H3,(H,14,15)/t7-/m0/s1. The van der Waals surface area contributed by atoms with Gasteiger partial charge in [-0.1, -0.05) is 0 Å². The van der Waals surface area contributed by atoms with E-state index in [0.717, 1.165) is 0 Å². The molecule has 6 heteroatoms. The molecule has 0 saturated carbocycles. The number of esters is 1. The molecule has 0 aliphatic carbocycles. The van der Waals surface area contributed by atoms with Gasteiger partial charge >= 0.3 is 5.97 Å². The Labute approximate surface area is 105 Å². The van der Waals surface area contributed by atoms with Crippen molar-refractivity contribution in [3.8, 4) is 5.75 Å². The molecular formula is C12H16N2O4. The summed E-state index contributed by atoms with van der Waals surface area (Å²) in [7, 11) is 2.75. The van der Waals surface area contributed by atoms with Gasteiger partial charge in [-0.2, -0.15) is 0 Å². The molecule has 0 aromatic heterocycles. The molecule has 0 radical (unpaired) electrons. The maximum absolute atomic E-state index is 11.6. The molecule has 6 nitrogen and oxygen atoms in total. The van der Waals surface area contributed by atoms with Crippen molar-refractivity contribution in [1.82, 2.24) is 0 Å². The summed E-state index contributed by atoms with van der Waals surface area (Å²) in [5, 5.41) is 2.56. The van der Waals surface area contributed by atoms with Crippen LogP contribution < -0.4 is 15.8 Å². The largest absolute Gasteiger partial charge is 0.497 e. The van der Waals surface area contributed by atoms with E-state index in [4.69, 9.17) is 10.5 Å². The van der Waals surface area contributed by atoms with E-state index in [0.29, 0.717) is 11.4 Å². The molecule has 1 rings (SSSR count). The van der Waals surface area contributed by atoms with Gasteiger partial charge in [-0.3, -0.25) is 4.79 Å². The summed E-state index contributed by atoms with van der Waals surface area (Å²) in [5.74, 6) is -0.451. The lowest BCUT2D eigenvalue weighted by Crippen LogP contribution is -2.33. The lowest BCUT2D eigenvalue weighted by Gasteiger charge is -2.12. The average Bonchev–Trinajstić information content (AvgIpc) is 2.38. The Morgan fingerprint density at radius 3 is 2.50 bits per heavy atom. The lowest BCUT2D eigenvalue weighted by atomic mass is 10.1. The van der Waals surface area contributed by atoms with Crippen molar-refractivity contribution >= 4 is 17.6 Å². The van der Waals surface area contributed by atoms with Gasteiger partial charge < -0.3 is 20.5 Å². The molecule has 1 aromatic carbocycles. The summed E-state index contributed by atoms with van der Waals surface area (Å²) in [4.78, 5) is 23.1. The van der Waals surface area contributed by atoms with Crippen molar-refractivity contribution in [3.63, 3.8) is 0 Å². The molecule has 1 atom stereocenters. The molecule has 0 heterocycles. The second-order valence-corrected chi connectivity index (χ2v) is 3.68. The van der Waals surface area contributed by atoms with E-state index in [1.807, 2.05) is 0 Å². The van der Waals surface area contributed by atoms with Crippen LogP contribution in [-0.2, 0) is 9.53 Å². The third-order valence-corrected chi connectivity index (χ3v) is 2.30. The monoisotopic (exact) mass is 252 g/mol. The Bertz CT molecular complexity index is 457. The highest BCUT2D eigenvalue weighted by atomic mass is 16.5. The molecule has 0 spiro atoms. The fourth-order valence-electron chi connectivity index (χ4n) is 1.28. The number of nitrogens with one attached hydrogen (secondary N) is 1. The quantitative estimate of drug-likeness (QED) is 0.772. The van der Waals surface area contributed by atoms with Crippen LogP contribution in [0.3, 0.4) is 0 Å². The summed E-state index contributed by atoms with van der Waals surface area (Å²) in [6.07, 6.45) is 0. The molecule has 0 saturated heterocycles. The SMILES string of the molecule is COC(=O)c1cc(OC)ccc1NC(=O)[C@H](C)N. The van der Waals surface area contributed by atoms with Crippen LogP contribution in [0.1, 0.15) is 17.3 Å². The first-order valence-corrected chi connectivity index (χ1v) is 5.32. The van der Waals surface area contributed by atoms with Crippen LogP contribution >= 0.6 is 0 Å². The number of ether oxygens (including phenoxy) is 2. The van der Waals surface area contributed by atoms with E-state index < -0.39 is 12.0 Å². The fourth-order valence-corrected chi connectivity index (χ4v) is 1.28. The maximum atomic E-state index is 11.6. The smallest absolute Gasteiger partial charge is 0.340 e. The Hall–Kier alpha value is -2.08. The zero-order valence-electron chi connectivity index (χ0n) is 10.5. The molecule has 18 heavy (non-hydrogen) atoms. The number of anilines is 1. The van der Waals surface area contributed by atoms with E-state index in [1.54, 1.807) is 19.1 Å². The van der Waals surface area contributed by atoms with Crippen LogP contribution in [0.15, 0.2) is 18.2 Å². The third kappa shape index (κ3) is 3.21. The normalized spacial score (nSPS) is 11.6. The first kappa shape index (κ1) is 14.0. The zero-order chi connectivity index (χ0) is 13.7. The number of methoxy groups -OCH3 is 2. The summed E-state index contributed by atoms with van der Waals surface area (Å²) in [5.41, 5.74) is 6.00. The predicted octanol–water partition coefficient (Wildman–Crippen LogP) is 0.768. The second kappa shape index (κ2) is 6.02. The number of nitrogens with two attached hydrogens (primary N) is 1. The van der Waals surface area contributed by atoms with Gasteiger partial charge in [0.25, 0.3) is 0 Å². The molecule has 0 fully saturated rings. The topological polar surface area (TPSA) is 90.6 Å². The lowest BCUT2D eigenvalue weighted by molar-refractivity contribution is -0.117. The maximum Gasteiger partial charge on any atom is 0.340 e. The molecule has 3 N–H and O–H groups in total. The molecule has 1 amide bonds. The Balaban J connectivity index is 3.10. The molecule has 0 aliphatic heterocycles. The number of rotatable bonds is 4. The van der Waals surface area contributed by atoms with E-state index in [2.05, 4.69) is 10.1 Å². The number of carbonyl (C=O) groups excluding carboxylic acids is 2. The van der Waals surface area contributed by atoms with Crippen molar-refractivity contribution in [3.05, 3.63) is 23.8 Å². The fraction of sp³-hybridized carbons (Fsp3) is 0.333. The van der Waals surface area contributed by atoms with Crippen molar-refractivity contribution < 1.29 is 19.1 Å². The van der Waals surface area contributed by atoms with Crippen molar-refractivity contribution in [2.24, 2.45) is 5.73 Å². The first-order valence-electron chi connectivity index (χ1n) is 5.32. The average molecular weight is 252 g/mol. The minimum atomic E-state index is -0.669. The summed E-state index contributed by atoms with van der Waals surface area (Å²) >= 11 is 0. The second-order valence-electron chi connectivity index (χ2n) is 3.68. The van der Waals surface area contributed by atoms with Gasteiger partial charge in [-0.25, -0.2) is 4.79 Å². The van der Waals surface area contributed by atoms with Crippen LogP contribution in [0.4, 0.5) is 5.69 Å². The van der Waals surface area contributed by atoms with Gasteiger partial charge in [0.05, 0.1) is 31.5 Å². The van der Waals surface area contributed by atoms with Crippen molar-refractivity contribution in [2.45, 2.75) is 13.0 Å². The van der Waals surface area contributed by atoms with Crippen LogP contribution in [0.25, 0.3) is 0 Å². The van der Waals surface area contributed by atoms with Crippen LogP contribution in [-0.4, -0.2) is 32.1 Å². The highest BCUT2D eigenvalue weighted by Crippen LogP contribution is 2.22. The highest BCUT2D eigenvalue weighted by Gasteiger charge is 2.16. The number of amides is 1. The van der Waals surface area contributed by atoms with Crippen molar-refractivity contribution in [1.29, 1.82) is 0 Å². The van der Waals surface area contributed by atoms with Gasteiger partial charge in [-0.15, -0.1) is 0 Å². The van der Waals surface area contributed by atoms with Gasteiger partial charge in [0.2, 0.25) is 5.91 Å². The van der Waals surface area contributed by atoms with Gasteiger partial charge in [0.1, 0.15) is 5.75 Å². The number of carbonyl (C=O) groups is 2. The Morgan fingerprint density at radius 1 is 1.33 bits per heavy atom. The molecular weight excluding hydrogens is 236 g/mol. The molecule has 0 aliphatic rings. The number of hydrogen-bond acceptors (Lipinski definition) is 5.